The van der Waals surface area contributed by atoms with Crippen molar-refractivity contribution in [2.75, 3.05) is 11.5 Å². The maximum Gasteiger partial charge on any atom is 0.336 e. The van der Waals surface area contributed by atoms with Crippen LogP contribution in [0, 0.1) is 11.6 Å². The summed E-state index contributed by atoms with van der Waals surface area (Å²) < 4.78 is 26.1. The first-order valence-electron chi connectivity index (χ1n) is 5.94. The molecular formula is C15H12F2N2O2. The Kier molecular flexibility index (Phi) is 3.89. The third kappa shape index (κ3) is 3.17. The predicted molar refractivity (Wildman–Crippen MR) is 77.1 cm³/mol. The number of benzene rings is 2. The topological polar surface area (TPSA) is 89.3 Å². The zero-order chi connectivity index (χ0) is 15.6. The van der Waals surface area contributed by atoms with Gasteiger partial charge in [0.2, 0.25) is 0 Å². The summed E-state index contributed by atoms with van der Waals surface area (Å²) in [5.74, 6) is -3.30. The van der Waals surface area contributed by atoms with Crippen molar-refractivity contribution in [3.8, 4) is 0 Å². The molecule has 0 atom stereocenters. The molecule has 0 saturated heterocycles. The lowest BCUT2D eigenvalue weighted by molar-refractivity contribution is -0.130. The van der Waals surface area contributed by atoms with E-state index in [0.717, 1.165) is 12.1 Å². The fourth-order valence-corrected chi connectivity index (χ4v) is 1.85. The Balaban J connectivity index is 2.55. The second-order valence-corrected chi connectivity index (χ2v) is 4.38. The SMILES string of the molecule is Nc1ccc(C(=Cc2ccc(F)c(F)c2)C(=O)O)c(N)c1. The monoisotopic (exact) mass is 290 g/mol. The molecule has 0 bridgehead atoms. The van der Waals surface area contributed by atoms with Crippen LogP contribution in [0.3, 0.4) is 0 Å². The Morgan fingerprint density at radius 1 is 1.05 bits per heavy atom. The summed E-state index contributed by atoms with van der Waals surface area (Å²) in [7, 11) is 0. The molecule has 0 spiro atoms. The van der Waals surface area contributed by atoms with Crippen molar-refractivity contribution in [3.05, 3.63) is 59.2 Å². The van der Waals surface area contributed by atoms with E-state index >= 15 is 0 Å². The molecule has 0 heterocycles. The van der Waals surface area contributed by atoms with Crippen molar-refractivity contribution in [1.29, 1.82) is 0 Å². The first kappa shape index (κ1) is 14.5. The number of nitrogen functional groups attached to an aromatic ring is 2. The molecule has 2 aromatic rings. The number of aliphatic carboxylic acids is 1. The van der Waals surface area contributed by atoms with Crippen molar-refractivity contribution in [2.45, 2.75) is 0 Å². The van der Waals surface area contributed by atoms with E-state index in [4.69, 9.17) is 11.5 Å². The number of halogens is 2. The quantitative estimate of drug-likeness (QED) is 0.460. The summed E-state index contributed by atoms with van der Waals surface area (Å²) in [6, 6.07) is 7.50. The molecule has 0 saturated carbocycles. The van der Waals surface area contributed by atoms with Crippen LogP contribution in [0.25, 0.3) is 11.6 Å². The van der Waals surface area contributed by atoms with E-state index in [1.54, 1.807) is 0 Å². The van der Waals surface area contributed by atoms with Gasteiger partial charge in [-0.3, -0.25) is 0 Å². The number of rotatable bonds is 3. The molecule has 108 valence electrons. The van der Waals surface area contributed by atoms with Gasteiger partial charge in [-0.1, -0.05) is 6.07 Å². The van der Waals surface area contributed by atoms with Crippen molar-refractivity contribution < 1.29 is 18.7 Å². The van der Waals surface area contributed by atoms with E-state index in [-0.39, 0.29) is 22.4 Å². The van der Waals surface area contributed by atoms with Gasteiger partial charge in [0.05, 0.1) is 5.57 Å². The van der Waals surface area contributed by atoms with Crippen LogP contribution in [-0.2, 0) is 4.79 Å². The summed E-state index contributed by atoms with van der Waals surface area (Å²) >= 11 is 0. The Labute approximate surface area is 119 Å². The third-order valence-electron chi connectivity index (χ3n) is 2.85. The Hall–Kier alpha value is -2.89. The molecule has 0 amide bonds. The van der Waals surface area contributed by atoms with Crippen molar-refractivity contribution in [1.82, 2.24) is 0 Å². The summed E-state index contributed by atoms with van der Waals surface area (Å²) in [6.07, 6.45) is 1.22. The van der Waals surface area contributed by atoms with Gasteiger partial charge in [-0.25, -0.2) is 13.6 Å². The van der Waals surface area contributed by atoms with Gasteiger partial charge in [0, 0.05) is 16.9 Å². The average Bonchev–Trinajstić information content (AvgIpc) is 2.40. The normalized spacial score (nSPS) is 11.4. The first-order valence-corrected chi connectivity index (χ1v) is 5.94. The summed E-state index contributed by atoms with van der Waals surface area (Å²) in [5, 5.41) is 9.28. The van der Waals surface area contributed by atoms with Crippen LogP contribution in [0.15, 0.2) is 36.4 Å². The molecular weight excluding hydrogens is 278 g/mol. The van der Waals surface area contributed by atoms with Gasteiger partial charge in [0.25, 0.3) is 0 Å². The summed E-state index contributed by atoms with van der Waals surface area (Å²) in [6.45, 7) is 0. The standard InChI is InChI=1S/C15H12F2N2O2/c16-12-4-1-8(6-13(12)17)5-11(15(20)21)10-3-2-9(18)7-14(10)19/h1-7H,18-19H2,(H,20,21). The minimum absolute atomic E-state index is 0.140. The van der Waals surface area contributed by atoms with Gasteiger partial charge in [0.1, 0.15) is 0 Å². The van der Waals surface area contributed by atoms with Crippen LogP contribution in [-0.4, -0.2) is 11.1 Å². The summed E-state index contributed by atoms with van der Waals surface area (Å²) in [5.41, 5.74) is 12.2. The maximum absolute atomic E-state index is 13.2. The van der Waals surface area contributed by atoms with Crippen molar-refractivity contribution in [2.24, 2.45) is 0 Å². The van der Waals surface area contributed by atoms with Crippen LogP contribution in [0.5, 0.6) is 0 Å². The predicted octanol–water partition coefficient (Wildman–Crippen LogP) is 2.75. The minimum Gasteiger partial charge on any atom is -0.478 e. The maximum atomic E-state index is 13.2. The Morgan fingerprint density at radius 3 is 2.33 bits per heavy atom. The fourth-order valence-electron chi connectivity index (χ4n) is 1.85. The smallest absolute Gasteiger partial charge is 0.336 e. The second kappa shape index (κ2) is 5.62. The molecule has 0 aromatic heterocycles. The lowest BCUT2D eigenvalue weighted by Crippen LogP contribution is -2.04. The van der Waals surface area contributed by atoms with Gasteiger partial charge in [-0.15, -0.1) is 0 Å². The molecule has 0 radical (unpaired) electrons. The molecule has 5 N–H and O–H groups in total. The van der Waals surface area contributed by atoms with Gasteiger partial charge >= 0.3 is 5.97 Å². The highest BCUT2D eigenvalue weighted by molar-refractivity contribution is 6.22. The second-order valence-electron chi connectivity index (χ2n) is 4.38. The fraction of sp³-hybridized carbons (Fsp3) is 0. The lowest BCUT2D eigenvalue weighted by Gasteiger charge is -2.08. The van der Waals surface area contributed by atoms with E-state index in [9.17, 15) is 18.7 Å². The highest BCUT2D eigenvalue weighted by Crippen LogP contribution is 2.26. The number of anilines is 2. The van der Waals surface area contributed by atoms with E-state index in [2.05, 4.69) is 0 Å². The first-order chi connectivity index (χ1) is 9.88. The highest BCUT2D eigenvalue weighted by atomic mass is 19.2. The van der Waals surface area contributed by atoms with E-state index < -0.39 is 17.6 Å². The number of carbonyl (C=O) groups is 1. The van der Waals surface area contributed by atoms with E-state index in [1.807, 2.05) is 0 Å². The Bertz CT molecular complexity index is 742. The molecule has 0 unspecified atom stereocenters. The average molecular weight is 290 g/mol. The number of hydrogen-bond donors (Lipinski definition) is 3. The molecule has 0 aliphatic rings. The number of carboxylic acid groups (broad SMARTS) is 1. The van der Waals surface area contributed by atoms with Gasteiger partial charge in [-0.05, 0) is 42.0 Å². The van der Waals surface area contributed by atoms with Crippen LogP contribution < -0.4 is 11.5 Å². The molecule has 0 aliphatic heterocycles. The zero-order valence-electron chi connectivity index (χ0n) is 10.8. The van der Waals surface area contributed by atoms with Crippen molar-refractivity contribution in [3.63, 3.8) is 0 Å². The summed E-state index contributed by atoms with van der Waals surface area (Å²) in [4.78, 5) is 11.4. The van der Waals surface area contributed by atoms with Crippen molar-refractivity contribution >= 4 is 29.0 Å². The highest BCUT2D eigenvalue weighted by Gasteiger charge is 2.14. The third-order valence-corrected chi connectivity index (χ3v) is 2.85. The van der Waals surface area contributed by atoms with E-state index in [1.165, 1.54) is 30.3 Å². The van der Waals surface area contributed by atoms with Crippen LogP contribution in [0.4, 0.5) is 20.2 Å². The van der Waals surface area contributed by atoms with E-state index in [0.29, 0.717) is 5.69 Å². The van der Waals surface area contributed by atoms with Crippen LogP contribution in [0.1, 0.15) is 11.1 Å². The van der Waals surface area contributed by atoms with Gasteiger partial charge < -0.3 is 16.6 Å². The molecule has 4 nitrogen and oxygen atoms in total. The number of hydrogen-bond acceptors (Lipinski definition) is 3. The molecule has 0 aliphatic carbocycles. The van der Waals surface area contributed by atoms with Gasteiger partial charge in [-0.2, -0.15) is 0 Å². The largest absolute Gasteiger partial charge is 0.478 e. The molecule has 2 rings (SSSR count). The van der Waals surface area contributed by atoms with Gasteiger partial charge in [0.15, 0.2) is 11.6 Å². The molecule has 21 heavy (non-hydrogen) atoms. The molecule has 6 heteroatoms. The zero-order valence-corrected chi connectivity index (χ0v) is 10.8. The molecule has 2 aromatic carbocycles. The molecule has 0 fully saturated rings. The van der Waals surface area contributed by atoms with Crippen LogP contribution >= 0.6 is 0 Å². The minimum atomic E-state index is -1.24. The number of carboxylic acids is 1. The van der Waals surface area contributed by atoms with Crippen LogP contribution in [0.2, 0.25) is 0 Å². The Morgan fingerprint density at radius 2 is 1.76 bits per heavy atom. The number of nitrogens with two attached hydrogens (primary N) is 2. The lowest BCUT2D eigenvalue weighted by atomic mass is 10.0.